The molecule has 0 radical (unpaired) electrons. The Hall–Kier alpha value is -2.60. The van der Waals surface area contributed by atoms with E-state index in [9.17, 15) is 5.26 Å². The fraction of sp³-hybridized carbons (Fsp3) is 0.333. The van der Waals surface area contributed by atoms with Crippen LogP contribution in [-0.4, -0.2) is 9.38 Å². The van der Waals surface area contributed by atoms with E-state index in [1.54, 1.807) is 0 Å². The zero-order valence-electron chi connectivity index (χ0n) is 15.0. The normalized spacial score (nSPS) is 13.0. The summed E-state index contributed by atoms with van der Waals surface area (Å²) in [5, 5.41) is 9.47. The lowest BCUT2D eigenvalue weighted by atomic mass is 9.86. The van der Waals surface area contributed by atoms with Gasteiger partial charge in [0, 0.05) is 11.8 Å². The van der Waals surface area contributed by atoms with Crippen LogP contribution in [0.15, 0.2) is 42.6 Å². The first-order chi connectivity index (χ1) is 11.3. The zero-order valence-corrected chi connectivity index (χ0v) is 15.0. The lowest BCUT2D eigenvalue weighted by molar-refractivity contribution is 0.590. The summed E-state index contributed by atoms with van der Waals surface area (Å²) in [7, 11) is 0. The van der Waals surface area contributed by atoms with Crippen LogP contribution in [-0.2, 0) is 5.41 Å². The number of fused-ring (bicyclic) bond motifs is 1. The van der Waals surface area contributed by atoms with Crippen molar-refractivity contribution in [1.29, 1.82) is 5.26 Å². The standard InChI is InChI=1S/C21H23N3/c1-14-7-6-12-24-19(15(2)13-22)18(23-20(14)24)16-8-10-17(11-9-16)21(3,4)5/h6-12,15H,1-5H3. The van der Waals surface area contributed by atoms with Crippen molar-refractivity contribution in [2.45, 2.75) is 46.0 Å². The lowest BCUT2D eigenvalue weighted by Gasteiger charge is -2.19. The molecule has 2 heterocycles. The van der Waals surface area contributed by atoms with E-state index in [0.29, 0.717) is 0 Å². The zero-order chi connectivity index (χ0) is 17.5. The number of benzene rings is 1. The van der Waals surface area contributed by atoms with E-state index in [1.165, 1.54) is 5.56 Å². The van der Waals surface area contributed by atoms with Gasteiger partial charge in [0.1, 0.15) is 5.65 Å². The molecule has 0 fully saturated rings. The number of nitrogens with zero attached hydrogens (tertiary/aromatic N) is 3. The SMILES string of the molecule is Cc1cccn2c(C(C)C#N)c(-c3ccc(C(C)(C)C)cc3)nc12. The van der Waals surface area contributed by atoms with Gasteiger partial charge in [0.25, 0.3) is 0 Å². The third-order valence-electron chi connectivity index (χ3n) is 4.51. The number of imidazole rings is 1. The van der Waals surface area contributed by atoms with Crippen LogP contribution < -0.4 is 0 Å². The van der Waals surface area contributed by atoms with Crippen molar-refractivity contribution in [1.82, 2.24) is 9.38 Å². The molecule has 3 heteroatoms. The molecular weight excluding hydrogens is 294 g/mol. The Morgan fingerprint density at radius 2 is 1.79 bits per heavy atom. The van der Waals surface area contributed by atoms with Gasteiger partial charge in [0.15, 0.2) is 0 Å². The smallest absolute Gasteiger partial charge is 0.140 e. The summed E-state index contributed by atoms with van der Waals surface area (Å²) in [6.45, 7) is 10.6. The van der Waals surface area contributed by atoms with Crippen molar-refractivity contribution in [3.63, 3.8) is 0 Å². The van der Waals surface area contributed by atoms with Crippen molar-refractivity contribution in [2.75, 3.05) is 0 Å². The fourth-order valence-corrected chi connectivity index (χ4v) is 3.04. The van der Waals surface area contributed by atoms with Crippen LogP contribution in [0.1, 0.15) is 50.4 Å². The van der Waals surface area contributed by atoms with Gasteiger partial charge in [-0.25, -0.2) is 4.98 Å². The number of aromatic nitrogens is 2. The second-order valence-electron chi connectivity index (χ2n) is 7.41. The summed E-state index contributed by atoms with van der Waals surface area (Å²) in [5.41, 5.74) is 6.37. The Balaban J connectivity index is 2.22. The summed E-state index contributed by atoms with van der Waals surface area (Å²) < 4.78 is 2.05. The highest BCUT2D eigenvalue weighted by molar-refractivity contribution is 5.69. The Labute approximate surface area is 143 Å². The lowest BCUT2D eigenvalue weighted by Crippen LogP contribution is -2.10. The second-order valence-corrected chi connectivity index (χ2v) is 7.41. The average molecular weight is 317 g/mol. The highest BCUT2D eigenvalue weighted by atomic mass is 15.0. The molecule has 0 aliphatic carbocycles. The molecule has 2 aromatic heterocycles. The fourth-order valence-electron chi connectivity index (χ4n) is 3.04. The molecule has 0 saturated heterocycles. The molecule has 0 aliphatic heterocycles. The molecule has 0 amide bonds. The van der Waals surface area contributed by atoms with Gasteiger partial charge < -0.3 is 4.40 Å². The number of hydrogen-bond acceptors (Lipinski definition) is 2. The van der Waals surface area contributed by atoms with Crippen LogP contribution in [0, 0.1) is 18.3 Å². The Morgan fingerprint density at radius 3 is 2.38 bits per heavy atom. The van der Waals surface area contributed by atoms with Gasteiger partial charge in [-0.1, -0.05) is 51.1 Å². The van der Waals surface area contributed by atoms with Gasteiger partial charge >= 0.3 is 0 Å². The predicted octanol–water partition coefficient (Wildman–Crippen LogP) is 5.23. The summed E-state index contributed by atoms with van der Waals surface area (Å²) >= 11 is 0. The van der Waals surface area contributed by atoms with E-state index >= 15 is 0 Å². The third-order valence-corrected chi connectivity index (χ3v) is 4.51. The molecule has 3 rings (SSSR count). The van der Waals surface area contributed by atoms with E-state index in [4.69, 9.17) is 4.98 Å². The third kappa shape index (κ3) is 2.69. The molecule has 3 nitrogen and oxygen atoms in total. The van der Waals surface area contributed by atoms with Crippen LogP contribution >= 0.6 is 0 Å². The Bertz CT molecular complexity index is 919. The predicted molar refractivity (Wildman–Crippen MR) is 98.1 cm³/mol. The van der Waals surface area contributed by atoms with E-state index in [0.717, 1.165) is 28.2 Å². The first kappa shape index (κ1) is 16.3. The minimum atomic E-state index is -0.223. The van der Waals surface area contributed by atoms with Gasteiger partial charge in [-0.3, -0.25) is 0 Å². The van der Waals surface area contributed by atoms with Crippen molar-refractivity contribution < 1.29 is 0 Å². The quantitative estimate of drug-likeness (QED) is 0.649. The van der Waals surface area contributed by atoms with Crippen LogP contribution in [0.2, 0.25) is 0 Å². The van der Waals surface area contributed by atoms with Crippen LogP contribution in [0.3, 0.4) is 0 Å². The molecule has 1 aromatic carbocycles. The topological polar surface area (TPSA) is 41.1 Å². The van der Waals surface area contributed by atoms with Gasteiger partial charge in [0.2, 0.25) is 0 Å². The first-order valence-electron chi connectivity index (χ1n) is 8.31. The molecule has 0 spiro atoms. The summed E-state index contributed by atoms with van der Waals surface area (Å²) in [6, 6.07) is 15.0. The minimum absolute atomic E-state index is 0.122. The molecule has 3 aromatic rings. The maximum atomic E-state index is 9.47. The molecule has 0 bridgehead atoms. The van der Waals surface area contributed by atoms with Crippen molar-refractivity contribution in [3.05, 3.63) is 59.4 Å². The van der Waals surface area contributed by atoms with E-state index in [1.807, 2.05) is 19.2 Å². The number of pyridine rings is 1. The summed E-state index contributed by atoms with van der Waals surface area (Å²) in [5.74, 6) is -0.223. The summed E-state index contributed by atoms with van der Waals surface area (Å²) in [6.07, 6.45) is 1.99. The number of rotatable bonds is 2. The highest BCUT2D eigenvalue weighted by Gasteiger charge is 2.21. The molecule has 0 N–H and O–H groups in total. The van der Waals surface area contributed by atoms with Crippen LogP contribution in [0.4, 0.5) is 0 Å². The van der Waals surface area contributed by atoms with Crippen LogP contribution in [0.25, 0.3) is 16.9 Å². The highest BCUT2D eigenvalue weighted by Crippen LogP contribution is 2.32. The monoisotopic (exact) mass is 317 g/mol. The second kappa shape index (κ2) is 5.79. The Kier molecular flexibility index (Phi) is 3.93. The van der Waals surface area contributed by atoms with E-state index in [-0.39, 0.29) is 11.3 Å². The van der Waals surface area contributed by atoms with Crippen molar-refractivity contribution >= 4 is 5.65 Å². The van der Waals surface area contributed by atoms with Crippen molar-refractivity contribution in [2.24, 2.45) is 0 Å². The van der Waals surface area contributed by atoms with Gasteiger partial charge in [-0.2, -0.15) is 5.26 Å². The summed E-state index contributed by atoms with van der Waals surface area (Å²) in [4.78, 5) is 4.86. The average Bonchev–Trinajstić information content (AvgIpc) is 2.94. The molecule has 0 aliphatic rings. The number of hydrogen-bond donors (Lipinski definition) is 0. The maximum absolute atomic E-state index is 9.47. The number of nitriles is 1. The minimum Gasteiger partial charge on any atom is -0.302 e. The molecular formula is C21H23N3. The molecule has 24 heavy (non-hydrogen) atoms. The Morgan fingerprint density at radius 1 is 1.12 bits per heavy atom. The number of aryl methyl sites for hydroxylation is 1. The van der Waals surface area contributed by atoms with E-state index < -0.39 is 0 Å². The first-order valence-corrected chi connectivity index (χ1v) is 8.31. The van der Waals surface area contributed by atoms with Gasteiger partial charge in [-0.15, -0.1) is 0 Å². The molecule has 1 unspecified atom stereocenters. The van der Waals surface area contributed by atoms with Crippen molar-refractivity contribution in [3.8, 4) is 17.3 Å². The molecule has 0 saturated carbocycles. The van der Waals surface area contributed by atoms with E-state index in [2.05, 4.69) is 68.5 Å². The maximum Gasteiger partial charge on any atom is 0.140 e. The molecule has 122 valence electrons. The van der Waals surface area contributed by atoms with Gasteiger partial charge in [0.05, 0.1) is 23.4 Å². The van der Waals surface area contributed by atoms with Gasteiger partial charge in [-0.05, 0) is 36.5 Å². The van der Waals surface area contributed by atoms with Crippen LogP contribution in [0.5, 0.6) is 0 Å². The molecule has 1 atom stereocenters. The largest absolute Gasteiger partial charge is 0.302 e.